The highest BCUT2D eigenvalue weighted by atomic mass is 32.2. The summed E-state index contributed by atoms with van der Waals surface area (Å²) in [6.07, 6.45) is 1.52. The van der Waals surface area contributed by atoms with E-state index >= 15 is 0 Å². The van der Waals surface area contributed by atoms with Crippen molar-refractivity contribution < 1.29 is 8.42 Å². The Morgan fingerprint density at radius 3 is 2.77 bits per heavy atom. The van der Waals surface area contributed by atoms with Crippen molar-refractivity contribution in [1.82, 2.24) is 19.9 Å². The number of rotatable bonds is 4. The molecule has 9 heteroatoms. The lowest BCUT2D eigenvalue weighted by atomic mass is 10.1. The molecule has 1 N–H and O–H groups in total. The summed E-state index contributed by atoms with van der Waals surface area (Å²) < 4.78 is 23.4. The number of aromatic nitrogens is 3. The molecule has 0 bridgehead atoms. The van der Waals surface area contributed by atoms with Crippen molar-refractivity contribution in [1.29, 1.82) is 5.26 Å². The zero-order valence-electron chi connectivity index (χ0n) is 16.3. The molecule has 30 heavy (non-hydrogen) atoms. The van der Waals surface area contributed by atoms with Crippen molar-refractivity contribution in [3.05, 3.63) is 75.3 Å². The lowest BCUT2D eigenvalue weighted by molar-refractivity contribution is 0.238. The second-order valence-electron chi connectivity index (χ2n) is 7.24. The van der Waals surface area contributed by atoms with Crippen molar-refractivity contribution in [2.45, 2.75) is 24.7 Å². The quantitative estimate of drug-likeness (QED) is 0.636. The number of nitrogens with zero attached hydrogens (tertiary/aromatic N) is 4. The Bertz CT molecular complexity index is 1320. The average molecular weight is 421 g/mol. The summed E-state index contributed by atoms with van der Waals surface area (Å²) in [6.45, 7) is 1.55. The number of nitriles is 1. The van der Waals surface area contributed by atoms with E-state index in [1.165, 1.54) is 0 Å². The van der Waals surface area contributed by atoms with E-state index in [-0.39, 0.29) is 5.16 Å². The van der Waals surface area contributed by atoms with Crippen molar-refractivity contribution in [3.8, 4) is 17.3 Å². The number of aromatic amines is 1. The molecule has 0 atom stereocenters. The Hall–Kier alpha value is -3.35. The molecule has 3 heterocycles. The molecule has 0 saturated heterocycles. The van der Waals surface area contributed by atoms with Crippen LogP contribution in [-0.4, -0.2) is 41.1 Å². The maximum atomic E-state index is 12.4. The summed E-state index contributed by atoms with van der Waals surface area (Å²) in [5.74, 6) is 0. The van der Waals surface area contributed by atoms with Crippen LogP contribution < -0.4 is 5.56 Å². The Morgan fingerprint density at radius 1 is 1.20 bits per heavy atom. The lowest BCUT2D eigenvalue weighted by Gasteiger charge is -2.27. The summed E-state index contributed by atoms with van der Waals surface area (Å²) >= 11 is 0. The fraction of sp³-hybridized carbons (Fsp3) is 0.238. The van der Waals surface area contributed by atoms with E-state index in [0.29, 0.717) is 42.9 Å². The van der Waals surface area contributed by atoms with Gasteiger partial charge in [0, 0.05) is 37.9 Å². The molecule has 152 valence electrons. The summed E-state index contributed by atoms with van der Waals surface area (Å²) in [4.78, 5) is 25.7. The first kappa shape index (κ1) is 19.9. The van der Waals surface area contributed by atoms with Gasteiger partial charge >= 0.3 is 0 Å². The third-order valence-electron chi connectivity index (χ3n) is 4.96. The van der Waals surface area contributed by atoms with Crippen molar-refractivity contribution in [3.63, 3.8) is 0 Å². The van der Waals surface area contributed by atoms with E-state index in [2.05, 4.69) is 20.9 Å². The Kier molecular flexibility index (Phi) is 5.20. The van der Waals surface area contributed by atoms with Gasteiger partial charge in [-0.25, -0.2) is 13.4 Å². The zero-order valence-corrected chi connectivity index (χ0v) is 17.1. The standard InChI is InChI=1S/C21H19N5O3S/c1-30(28,29)21-24-19-8-9-26(13-17(19)20(27)25-21)12-16-6-3-7-18(23-16)15-5-2-4-14(10-15)11-22/h2-7,10H,8-9,12-13H2,1H3,(H,24,25,27). The van der Waals surface area contributed by atoms with Gasteiger partial charge in [0.15, 0.2) is 0 Å². The summed E-state index contributed by atoms with van der Waals surface area (Å²) in [6, 6.07) is 15.2. The molecule has 1 aromatic carbocycles. The van der Waals surface area contributed by atoms with Crippen LogP contribution in [0.1, 0.15) is 22.5 Å². The Balaban J connectivity index is 1.56. The summed E-state index contributed by atoms with van der Waals surface area (Å²) in [5.41, 5.74) is 3.67. The molecule has 0 spiro atoms. The Morgan fingerprint density at radius 2 is 2.00 bits per heavy atom. The van der Waals surface area contributed by atoms with E-state index in [1.54, 1.807) is 12.1 Å². The molecule has 0 aliphatic carbocycles. The first-order valence-electron chi connectivity index (χ1n) is 9.34. The maximum absolute atomic E-state index is 12.4. The van der Waals surface area contributed by atoms with Crippen LogP contribution in [0.4, 0.5) is 0 Å². The van der Waals surface area contributed by atoms with Crippen molar-refractivity contribution >= 4 is 9.84 Å². The van der Waals surface area contributed by atoms with Crippen LogP contribution in [0, 0.1) is 11.3 Å². The molecule has 2 aromatic heterocycles. The molecule has 1 aliphatic heterocycles. The number of nitrogens with one attached hydrogen (secondary N) is 1. The number of hydrogen-bond acceptors (Lipinski definition) is 7. The molecule has 1 aliphatic rings. The topological polar surface area (TPSA) is 120 Å². The van der Waals surface area contributed by atoms with Gasteiger partial charge in [0.25, 0.3) is 5.56 Å². The number of H-pyrrole nitrogens is 1. The van der Waals surface area contributed by atoms with E-state index in [1.807, 2.05) is 30.3 Å². The van der Waals surface area contributed by atoms with Crippen LogP contribution in [0.25, 0.3) is 11.3 Å². The third-order valence-corrected chi connectivity index (χ3v) is 5.85. The molecule has 4 rings (SSSR count). The molecule has 0 fully saturated rings. The molecule has 8 nitrogen and oxygen atoms in total. The predicted octanol–water partition coefficient (Wildman–Crippen LogP) is 1.67. The van der Waals surface area contributed by atoms with Gasteiger partial charge in [-0.1, -0.05) is 18.2 Å². The normalized spacial score (nSPS) is 14.1. The van der Waals surface area contributed by atoms with Gasteiger partial charge in [-0.05, 0) is 24.3 Å². The first-order valence-corrected chi connectivity index (χ1v) is 11.2. The highest BCUT2D eigenvalue weighted by Gasteiger charge is 2.23. The second kappa shape index (κ2) is 7.82. The number of benzene rings is 1. The molecule has 0 radical (unpaired) electrons. The van der Waals surface area contributed by atoms with Crippen LogP contribution in [0.15, 0.2) is 52.4 Å². The minimum absolute atomic E-state index is 0.284. The van der Waals surface area contributed by atoms with E-state index < -0.39 is 15.4 Å². The largest absolute Gasteiger partial charge is 0.297 e. The van der Waals surface area contributed by atoms with Crippen molar-refractivity contribution in [2.75, 3.05) is 12.8 Å². The van der Waals surface area contributed by atoms with Gasteiger partial charge in [0.2, 0.25) is 15.0 Å². The van der Waals surface area contributed by atoms with Gasteiger partial charge in [0.1, 0.15) is 0 Å². The van der Waals surface area contributed by atoms with Gasteiger partial charge < -0.3 is 0 Å². The summed E-state index contributed by atoms with van der Waals surface area (Å²) in [5, 5.41) is 8.82. The van der Waals surface area contributed by atoms with Crippen molar-refractivity contribution in [2.24, 2.45) is 0 Å². The van der Waals surface area contributed by atoms with Crippen LogP contribution in [0.3, 0.4) is 0 Å². The monoisotopic (exact) mass is 421 g/mol. The van der Waals surface area contributed by atoms with Crippen LogP contribution in [-0.2, 0) is 29.3 Å². The predicted molar refractivity (Wildman–Crippen MR) is 110 cm³/mol. The van der Waals surface area contributed by atoms with Gasteiger partial charge in [-0.15, -0.1) is 0 Å². The SMILES string of the molecule is CS(=O)(=O)c1nc2c(c(=O)[nH]1)CN(Cc1cccc(-c3cccc(C#N)c3)n1)CC2. The maximum Gasteiger partial charge on any atom is 0.256 e. The fourth-order valence-electron chi connectivity index (χ4n) is 3.47. The van der Waals surface area contributed by atoms with E-state index in [9.17, 15) is 13.2 Å². The fourth-order valence-corrected chi connectivity index (χ4v) is 4.03. The van der Waals surface area contributed by atoms with Gasteiger partial charge in [0.05, 0.1) is 34.3 Å². The van der Waals surface area contributed by atoms with Crippen LogP contribution in [0.5, 0.6) is 0 Å². The highest BCUT2D eigenvalue weighted by Crippen LogP contribution is 2.21. The zero-order chi connectivity index (χ0) is 21.3. The number of sulfone groups is 1. The molecule has 3 aromatic rings. The summed E-state index contributed by atoms with van der Waals surface area (Å²) in [7, 11) is -3.57. The van der Waals surface area contributed by atoms with Crippen LogP contribution in [0.2, 0.25) is 0 Å². The minimum atomic E-state index is -3.57. The average Bonchev–Trinajstić information content (AvgIpc) is 2.73. The van der Waals surface area contributed by atoms with Gasteiger partial charge in [-0.2, -0.15) is 5.26 Å². The second-order valence-corrected chi connectivity index (χ2v) is 9.17. The number of pyridine rings is 1. The van der Waals surface area contributed by atoms with Gasteiger partial charge in [-0.3, -0.25) is 19.7 Å². The smallest absolute Gasteiger partial charge is 0.256 e. The molecule has 0 saturated carbocycles. The minimum Gasteiger partial charge on any atom is -0.297 e. The number of fused-ring (bicyclic) bond motifs is 1. The first-order chi connectivity index (χ1) is 14.3. The Labute approximate surface area is 173 Å². The highest BCUT2D eigenvalue weighted by molar-refractivity contribution is 7.90. The van der Waals surface area contributed by atoms with Crippen LogP contribution >= 0.6 is 0 Å². The van der Waals surface area contributed by atoms with E-state index in [0.717, 1.165) is 23.2 Å². The molecule has 0 amide bonds. The third kappa shape index (κ3) is 4.15. The molecular weight excluding hydrogens is 402 g/mol. The number of hydrogen-bond donors (Lipinski definition) is 1. The molecular formula is C21H19N5O3S. The molecule has 0 unspecified atom stereocenters. The lowest BCUT2D eigenvalue weighted by Crippen LogP contribution is -2.36. The van der Waals surface area contributed by atoms with E-state index in [4.69, 9.17) is 10.2 Å².